The summed E-state index contributed by atoms with van der Waals surface area (Å²) in [5.41, 5.74) is 11.0. The van der Waals surface area contributed by atoms with E-state index in [1.54, 1.807) is 0 Å². The Morgan fingerprint density at radius 1 is 1.00 bits per heavy atom. The Bertz CT molecular complexity index is 561. The van der Waals surface area contributed by atoms with Crippen molar-refractivity contribution >= 4 is 11.8 Å². The summed E-state index contributed by atoms with van der Waals surface area (Å²) in [6, 6.07) is 12.9. The van der Waals surface area contributed by atoms with Gasteiger partial charge < -0.3 is 5.73 Å². The van der Waals surface area contributed by atoms with Crippen molar-refractivity contribution in [3.8, 4) is 0 Å². The Morgan fingerprint density at radius 3 is 2.44 bits per heavy atom. The Morgan fingerprint density at radius 2 is 1.78 bits per heavy atom. The molecular weight excluding hydrogens is 238 g/mol. The lowest BCUT2D eigenvalue weighted by Gasteiger charge is -2.12. The van der Waals surface area contributed by atoms with Crippen molar-refractivity contribution in [2.24, 2.45) is 5.73 Å². The molecule has 2 aromatic rings. The monoisotopic (exact) mass is 257 g/mol. The topological polar surface area (TPSA) is 26.0 Å². The molecule has 0 aliphatic heterocycles. The van der Waals surface area contributed by atoms with Crippen LogP contribution in [0.3, 0.4) is 0 Å². The zero-order valence-corrected chi connectivity index (χ0v) is 12.0. The summed E-state index contributed by atoms with van der Waals surface area (Å²) in [6.07, 6.45) is 0. The highest BCUT2D eigenvalue weighted by Gasteiger charge is 2.08. The standard InChI is InChI=1S/C16H19NS/c1-11-7-8-15(13(3)9-11)18-16-12(2)5-4-6-14(16)10-17/h4-9H,10,17H2,1-3H3. The molecule has 0 radical (unpaired) electrons. The van der Waals surface area contributed by atoms with E-state index in [0.717, 1.165) is 0 Å². The van der Waals surface area contributed by atoms with E-state index in [1.807, 2.05) is 11.8 Å². The van der Waals surface area contributed by atoms with Gasteiger partial charge in [0.05, 0.1) is 0 Å². The fourth-order valence-electron chi connectivity index (χ4n) is 2.04. The van der Waals surface area contributed by atoms with Gasteiger partial charge in [0, 0.05) is 16.3 Å². The SMILES string of the molecule is Cc1ccc(Sc2c(C)cccc2CN)c(C)c1. The average Bonchev–Trinajstić information content (AvgIpc) is 2.34. The third-order valence-corrected chi connectivity index (χ3v) is 4.52. The number of aryl methyl sites for hydroxylation is 3. The molecule has 0 saturated carbocycles. The summed E-state index contributed by atoms with van der Waals surface area (Å²) in [6.45, 7) is 7.02. The maximum absolute atomic E-state index is 5.82. The maximum atomic E-state index is 5.82. The van der Waals surface area contributed by atoms with E-state index in [2.05, 4.69) is 57.2 Å². The van der Waals surface area contributed by atoms with E-state index in [0.29, 0.717) is 6.54 Å². The molecule has 0 fully saturated rings. The van der Waals surface area contributed by atoms with Crippen LogP contribution in [0.5, 0.6) is 0 Å². The van der Waals surface area contributed by atoms with Gasteiger partial charge in [-0.05, 0) is 43.5 Å². The van der Waals surface area contributed by atoms with Gasteiger partial charge in [-0.1, -0.05) is 47.7 Å². The minimum Gasteiger partial charge on any atom is -0.326 e. The van der Waals surface area contributed by atoms with Gasteiger partial charge in [0.1, 0.15) is 0 Å². The first-order valence-corrected chi connectivity index (χ1v) is 6.97. The van der Waals surface area contributed by atoms with Crippen molar-refractivity contribution < 1.29 is 0 Å². The molecule has 0 aromatic heterocycles. The second-order valence-electron chi connectivity index (χ2n) is 4.64. The highest BCUT2D eigenvalue weighted by molar-refractivity contribution is 7.99. The van der Waals surface area contributed by atoms with Crippen LogP contribution in [0.1, 0.15) is 22.3 Å². The van der Waals surface area contributed by atoms with E-state index in [-0.39, 0.29) is 0 Å². The van der Waals surface area contributed by atoms with E-state index >= 15 is 0 Å². The zero-order chi connectivity index (χ0) is 13.1. The van der Waals surface area contributed by atoms with E-state index < -0.39 is 0 Å². The van der Waals surface area contributed by atoms with Crippen LogP contribution in [0.2, 0.25) is 0 Å². The first kappa shape index (κ1) is 13.2. The van der Waals surface area contributed by atoms with Crippen molar-refractivity contribution in [2.75, 3.05) is 0 Å². The molecule has 0 unspecified atom stereocenters. The predicted molar refractivity (Wildman–Crippen MR) is 79.1 cm³/mol. The van der Waals surface area contributed by atoms with Gasteiger partial charge in [0.2, 0.25) is 0 Å². The highest BCUT2D eigenvalue weighted by atomic mass is 32.2. The van der Waals surface area contributed by atoms with E-state index in [9.17, 15) is 0 Å². The average molecular weight is 257 g/mol. The molecule has 2 N–H and O–H groups in total. The molecule has 0 spiro atoms. The summed E-state index contributed by atoms with van der Waals surface area (Å²) in [5, 5.41) is 0. The van der Waals surface area contributed by atoms with Gasteiger partial charge in [-0.15, -0.1) is 0 Å². The first-order valence-electron chi connectivity index (χ1n) is 6.15. The van der Waals surface area contributed by atoms with Crippen LogP contribution in [0, 0.1) is 20.8 Å². The summed E-state index contributed by atoms with van der Waals surface area (Å²) in [7, 11) is 0. The Hall–Kier alpha value is -1.25. The highest BCUT2D eigenvalue weighted by Crippen LogP contribution is 2.35. The molecular formula is C16H19NS. The Labute approximate surface area is 113 Å². The fourth-order valence-corrected chi connectivity index (χ4v) is 3.13. The molecule has 18 heavy (non-hydrogen) atoms. The molecule has 94 valence electrons. The molecule has 2 rings (SSSR count). The van der Waals surface area contributed by atoms with Crippen LogP contribution in [-0.2, 0) is 6.54 Å². The second kappa shape index (κ2) is 5.59. The minimum absolute atomic E-state index is 0.592. The minimum atomic E-state index is 0.592. The summed E-state index contributed by atoms with van der Waals surface area (Å²) < 4.78 is 0. The van der Waals surface area contributed by atoms with Crippen LogP contribution >= 0.6 is 11.8 Å². The van der Waals surface area contributed by atoms with Crippen molar-refractivity contribution in [3.63, 3.8) is 0 Å². The summed E-state index contributed by atoms with van der Waals surface area (Å²) >= 11 is 1.82. The molecule has 1 nitrogen and oxygen atoms in total. The van der Waals surface area contributed by atoms with Gasteiger partial charge in [0.15, 0.2) is 0 Å². The molecule has 2 heteroatoms. The molecule has 2 aromatic carbocycles. The molecule has 0 bridgehead atoms. The van der Waals surface area contributed by atoms with Gasteiger partial charge in [-0.3, -0.25) is 0 Å². The molecule has 0 amide bonds. The number of benzene rings is 2. The second-order valence-corrected chi connectivity index (χ2v) is 5.69. The van der Waals surface area contributed by atoms with Crippen LogP contribution in [0.4, 0.5) is 0 Å². The van der Waals surface area contributed by atoms with Gasteiger partial charge in [0.25, 0.3) is 0 Å². The van der Waals surface area contributed by atoms with Crippen LogP contribution in [-0.4, -0.2) is 0 Å². The number of hydrogen-bond acceptors (Lipinski definition) is 2. The van der Waals surface area contributed by atoms with Crippen LogP contribution < -0.4 is 5.73 Å². The molecule has 0 atom stereocenters. The van der Waals surface area contributed by atoms with Gasteiger partial charge >= 0.3 is 0 Å². The number of nitrogens with two attached hydrogens (primary N) is 1. The fraction of sp³-hybridized carbons (Fsp3) is 0.250. The smallest absolute Gasteiger partial charge is 0.0196 e. The third kappa shape index (κ3) is 2.77. The zero-order valence-electron chi connectivity index (χ0n) is 11.2. The Balaban J connectivity index is 2.39. The van der Waals surface area contributed by atoms with Gasteiger partial charge in [-0.2, -0.15) is 0 Å². The largest absolute Gasteiger partial charge is 0.326 e. The van der Waals surface area contributed by atoms with E-state index in [4.69, 9.17) is 5.73 Å². The van der Waals surface area contributed by atoms with Gasteiger partial charge in [-0.25, -0.2) is 0 Å². The van der Waals surface area contributed by atoms with Crippen LogP contribution in [0.25, 0.3) is 0 Å². The number of hydrogen-bond donors (Lipinski definition) is 1. The first-order chi connectivity index (χ1) is 8.61. The van der Waals surface area contributed by atoms with Crippen molar-refractivity contribution in [1.29, 1.82) is 0 Å². The van der Waals surface area contributed by atoms with Crippen molar-refractivity contribution in [2.45, 2.75) is 37.1 Å². The lowest BCUT2D eigenvalue weighted by molar-refractivity contribution is 1.01. The lowest BCUT2D eigenvalue weighted by Crippen LogP contribution is -1.99. The molecule has 0 aliphatic carbocycles. The normalized spacial score (nSPS) is 10.7. The quantitative estimate of drug-likeness (QED) is 0.891. The summed E-state index contributed by atoms with van der Waals surface area (Å²) in [4.78, 5) is 2.61. The van der Waals surface area contributed by atoms with Crippen LogP contribution in [0.15, 0.2) is 46.2 Å². The molecule has 0 heterocycles. The third-order valence-electron chi connectivity index (χ3n) is 3.06. The van der Waals surface area contributed by atoms with Crippen molar-refractivity contribution in [1.82, 2.24) is 0 Å². The number of rotatable bonds is 3. The Kier molecular flexibility index (Phi) is 4.10. The molecule has 0 aliphatic rings. The lowest BCUT2D eigenvalue weighted by atomic mass is 10.1. The summed E-state index contributed by atoms with van der Waals surface area (Å²) in [5.74, 6) is 0. The maximum Gasteiger partial charge on any atom is 0.0196 e. The van der Waals surface area contributed by atoms with E-state index in [1.165, 1.54) is 32.0 Å². The molecule has 0 saturated heterocycles. The van der Waals surface area contributed by atoms with Crippen molar-refractivity contribution in [3.05, 3.63) is 58.7 Å². The predicted octanol–water partition coefficient (Wildman–Crippen LogP) is 4.22.